The lowest BCUT2D eigenvalue weighted by Crippen LogP contribution is -2.17. The molecule has 2 N–H and O–H groups in total. The van der Waals surface area contributed by atoms with Gasteiger partial charge in [0.25, 0.3) is 0 Å². The first-order valence-corrected chi connectivity index (χ1v) is 4.87. The number of allylic oxidation sites excluding steroid dienone is 1. The van der Waals surface area contributed by atoms with Gasteiger partial charge in [0.05, 0.1) is 5.56 Å². The molecule has 0 atom stereocenters. The Morgan fingerprint density at radius 2 is 1.94 bits per heavy atom. The fraction of sp³-hybridized carbons (Fsp3) is 0.167. The van der Waals surface area contributed by atoms with Crippen molar-refractivity contribution >= 4 is 11.6 Å². The molecule has 82 valence electrons. The van der Waals surface area contributed by atoms with Crippen molar-refractivity contribution in [3.63, 3.8) is 0 Å². The molecule has 0 bridgehead atoms. The summed E-state index contributed by atoms with van der Waals surface area (Å²) in [7, 11) is 0. The van der Waals surface area contributed by atoms with Crippen LogP contribution in [0.4, 0.5) is 0 Å². The Labute approximate surface area is 91.8 Å². The van der Waals surface area contributed by atoms with Gasteiger partial charge in [0, 0.05) is 17.7 Å². The van der Waals surface area contributed by atoms with E-state index in [9.17, 15) is 14.7 Å². The molecule has 1 aromatic rings. The molecular weight excluding hydrogens is 208 g/mol. The van der Waals surface area contributed by atoms with Gasteiger partial charge in [-0.05, 0) is 18.6 Å². The number of carbonyl (C=O) groups is 2. The van der Waals surface area contributed by atoms with E-state index in [0.717, 1.165) is 0 Å². The van der Waals surface area contributed by atoms with E-state index in [4.69, 9.17) is 5.11 Å². The zero-order valence-corrected chi connectivity index (χ0v) is 8.43. The molecule has 0 unspecified atom stereocenters. The fourth-order valence-corrected chi connectivity index (χ4v) is 1.76. The predicted octanol–water partition coefficient (Wildman–Crippen LogP) is 1.08. The molecule has 2 rings (SSSR count). The average molecular weight is 218 g/mol. The van der Waals surface area contributed by atoms with Crippen molar-refractivity contribution in [1.29, 1.82) is 0 Å². The zero-order chi connectivity index (χ0) is 11.7. The van der Waals surface area contributed by atoms with Gasteiger partial charge in [-0.15, -0.1) is 0 Å². The summed E-state index contributed by atoms with van der Waals surface area (Å²) in [6, 6.07) is 4.38. The molecule has 1 aromatic carbocycles. The first kappa shape index (κ1) is 10.6. The second-order valence-electron chi connectivity index (χ2n) is 3.54. The van der Waals surface area contributed by atoms with Crippen molar-refractivity contribution in [2.24, 2.45) is 0 Å². The van der Waals surface area contributed by atoms with Crippen molar-refractivity contribution in [2.45, 2.75) is 6.42 Å². The average Bonchev–Trinajstić information content (AvgIpc) is 2.25. The Morgan fingerprint density at radius 3 is 2.62 bits per heavy atom. The number of carbonyl (C=O) groups excluding carboxylic acids is 2. The number of phenolic OH excluding ortho intramolecular Hbond substituents is 1. The number of Topliss-reactive ketones (excluding diaryl/α,β-unsaturated/α-hetero) is 1. The van der Waals surface area contributed by atoms with Gasteiger partial charge in [0.1, 0.15) is 5.75 Å². The number of ketones is 2. The highest BCUT2D eigenvalue weighted by atomic mass is 16.3. The smallest absolute Gasteiger partial charge is 0.190 e. The molecule has 4 nitrogen and oxygen atoms in total. The minimum Gasteiger partial charge on any atom is -0.507 e. The summed E-state index contributed by atoms with van der Waals surface area (Å²) in [5.41, 5.74) is 0.538. The molecule has 0 radical (unpaired) electrons. The number of hydrogen-bond acceptors (Lipinski definition) is 4. The molecule has 0 aromatic heterocycles. The highest BCUT2D eigenvalue weighted by Crippen LogP contribution is 2.29. The van der Waals surface area contributed by atoms with Crippen LogP contribution in [0, 0.1) is 0 Å². The number of hydrogen-bond donors (Lipinski definition) is 2. The van der Waals surface area contributed by atoms with Crippen LogP contribution in [-0.4, -0.2) is 28.4 Å². The molecular formula is C12H10O4. The molecule has 1 aliphatic rings. The Bertz CT molecular complexity index is 500. The van der Waals surface area contributed by atoms with E-state index in [-0.39, 0.29) is 41.3 Å². The van der Waals surface area contributed by atoms with Crippen LogP contribution in [0.5, 0.6) is 5.75 Å². The number of aliphatic hydroxyl groups excluding tert-OH is 1. The molecule has 0 saturated carbocycles. The minimum atomic E-state index is -0.392. The molecule has 0 saturated heterocycles. The van der Waals surface area contributed by atoms with Crippen LogP contribution in [0.25, 0.3) is 0 Å². The maximum atomic E-state index is 11.9. The number of aromatic hydroxyl groups is 1. The number of aliphatic hydroxyl groups is 1. The summed E-state index contributed by atoms with van der Waals surface area (Å²) >= 11 is 0. The lowest BCUT2D eigenvalue weighted by molar-refractivity contribution is 0.0976. The van der Waals surface area contributed by atoms with Crippen LogP contribution in [0.2, 0.25) is 0 Å². The zero-order valence-electron chi connectivity index (χ0n) is 8.43. The van der Waals surface area contributed by atoms with Gasteiger partial charge in [-0.1, -0.05) is 12.1 Å². The number of benzene rings is 1. The lowest BCUT2D eigenvalue weighted by Gasteiger charge is -2.15. The Balaban J connectivity index is 2.55. The van der Waals surface area contributed by atoms with E-state index in [2.05, 4.69) is 0 Å². The topological polar surface area (TPSA) is 74.6 Å². The van der Waals surface area contributed by atoms with E-state index in [0.29, 0.717) is 0 Å². The third-order valence-electron chi connectivity index (χ3n) is 2.51. The SMILES string of the molecule is O=C1C(CCO)=CC(=O)c2c(O)cccc21. The third-order valence-corrected chi connectivity index (χ3v) is 2.51. The molecule has 0 aliphatic heterocycles. The highest BCUT2D eigenvalue weighted by Gasteiger charge is 2.27. The molecule has 0 heterocycles. The summed E-state index contributed by atoms with van der Waals surface area (Å²) in [6.07, 6.45) is 1.33. The summed E-state index contributed by atoms with van der Waals surface area (Å²) < 4.78 is 0. The summed E-state index contributed by atoms with van der Waals surface area (Å²) in [5, 5.41) is 18.3. The Kier molecular flexibility index (Phi) is 2.58. The van der Waals surface area contributed by atoms with Gasteiger partial charge in [-0.3, -0.25) is 9.59 Å². The van der Waals surface area contributed by atoms with Crippen LogP contribution in [-0.2, 0) is 0 Å². The van der Waals surface area contributed by atoms with Crippen LogP contribution >= 0.6 is 0 Å². The largest absolute Gasteiger partial charge is 0.507 e. The van der Waals surface area contributed by atoms with Gasteiger partial charge in [-0.2, -0.15) is 0 Å². The molecule has 0 amide bonds. The molecule has 0 fully saturated rings. The van der Waals surface area contributed by atoms with E-state index in [1.807, 2.05) is 0 Å². The van der Waals surface area contributed by atoms with Crippen LogP contribution < -0.4 is 0 Å². The Hall–Kier alpha value is -1.94. The number of fused-ring (bicyclic) bond motifs is 1. The third kappa shape index (κ3) is 1.53. The second kappa shape index (κ2) is 3.90. The normalized spacial score (nSPS) is 14.7. The minimum absolute atomic E-state index is 0.0502. The van der Waals surface area contributed by atoms with Crippen LogP contribution in [0.15, 0.2) is 29.8 Å². The highest BCUT2D eigenvalue weighted by molar-refractivity contribution is 6.25. The summed E-state index contributed by atoms with van der Waals surface area (Å²) in [5.74, 6) is -0.883. The number of phenols is 1. The van der Waals surface area contributed by atoms with Gasteiger partial charge in [0.15, 0.2) is 11.6 Å². The molecule has 16 heavy (non-hydrogen) atoms. The van der Waals surface area contributed by atoms with Crippen LogP contribution in [0.3, 0.4) is 0 Å². The van der Waals surface area contributed by atoms with Gasteiger partial charge < -0.3 is 10.2 Å². The molecule has 4 heteroatoms. The standard InChI is InChI=1S/C12H10O4/c13-5-4-7-6-10(15)11-8(12(7)16)2-1-3-9(11)14/h1-3,6,13-14H,4-5H2. The molecule has 1 aliphatic carbocycles. The number of rotatable bonds is 2. The van der Waals surface area contributed by atoms with E-state index in [1.54, 1.807) is 0 Å². The van der Waals surface area contributed by atoms with E-state index in [1.165, 1.54) is 24.3 Å². The van der Waals surface area contributed by atoms with Crippen molar-refractivity contribution in [2.75, 3.05) is 6.61 Å². The first-order valence-electron chi connectivity index (χ1n) is 4.87. The second-order valence-corrected chi connectivity index (χ2v) is 3.54. The van der Waals surface area contributed by atoms with E-state index < -0.39 is 5.78 Å². The lowest BCUT2D eigenvalue weighted by atomic mass is 9.88. The van der Waals surface area contributed by atoms with Crippen molar-refractivity contribution in [3.8, 4) is 5.75 Å². The monoisotopic (exact) mass is 218 g/mol. The first-order chi connectivity index (χ1) is 7.65. The maximum Gasteiger partial charge on any atom is 0.190 e. The fourth-order valence-electron chi connectivity index (χ4n) is 1.76. The predicted molar refractivity (Wildman–Crippen MR) is 56.6 cm³/mol. The summed E-state index contributed by atoms with van der Waals surface area (Å²) in [6.45, 7) is -0.182. The van der Waals surface area contributed by atoms with Gasteiger partial charge in [0.2, 0.25) is 0 Å². The molecule has 0 spiro atoms. The van der Waals surface area contributed by atoms with Crippen molar-refractivity contribution < 1.29 is 19.8 Å². The van der Waals surface area contributed by atoms with Crippen molar-refractivity contribution in [3.05, 3.63) is 41.0 Å². The summed E-state index contributed by atoms with van der Waals surface area (Å²) in [4.78, 5) is 23.5. The quantitative estimate of drug-likeness (QED) is 0.778. The van der Waals surface area contributed by atoms with Crippen molar-refractivity contribution in [1.82, 2.24) is 0 Å². The van der Waals surface area contributed by atoms with Gasteiger partial charge >= 0.3 is 0 Å². The Morgan fingerprint density at radius 1 is 1.19 bits per heavy atom. The van der Waals surface area contributed by atoms with Crippen LogP contribution in [0.1, 0.15) is 27.1 Å². The maximum absolute atomic E-state index is 11.9. The van der Waals surface area contributed by atoms with Gasteiger partial charge in [-0.25, -0.2) is 0 Å². The van der Waals surface area contributed by atoms with E-state index >= 15 is 0 Å².